The molecule has 0 aliphatic carbocycles. The maximum absolute atomic E-state index is 12.8. The lowest BCUT2D eigenvalue weighted by Gasteiger charge is -2.09. The number of allylic oxidation sites excluding steroid dienone is 1. The van der Waals surface area contributed by atoms with Gasteiger partial charge in [-0.2, -0.15) is 5.10 Å². The van der Waals surface area contributed by atoms with E-state index in [-0.39, 0.29) is 12.5 Å². The van der Waals surface area contributed by atoms with Crippen LogP contribution in [0.15, 0.2) is 95.7 Å². The fraction of sp³-hybridized carbons (Fsp3) is 0.0385. The summed E-state index contributed by atoms with van der Waals surface area (Å²) in [7, 11) is 0. The molecular weight excluding hydrogens is 418 g/mol. The predicted molar refractivity (Wildman–Crippen MR) is 127 cm³/mol. The Morgan fingerprint density at radius 1 is 0.848 bits per heavy atom. The van der Waals surface area contributed by atoms with Crippen LogP contribution < -0.4 is 20.2 Å². The summed E-state index contributed by atoms with van der Waals surface area (Å²) in [5, 5.41) is 6.60. The van der Waals surface area contributed by atoms with Crippen LogP contribution in [0.4, 0.5) is 0 Å². The maximum Gasteiger partial charge on any atom is 0.287 e. The lowest BCUT2D eigenvalue weighted by Crippen LogP contribution is -2.32. The Balaban J connectivity index is 1.50. The predicted octanol–water partition coefficient (Wildman–Crippen LogP) is 4.00. The first-order valence-corrected chi connectivity index (χ1v) is 10.2. The van der Waals surface area contributed by atoms with Gasteiger partial charge in [-0.1, -0.05) is 60.7 Å². The highest BCUT2D eigenvalue weighted by Crippen LogP contribution is 2.33. The maximum atomic E-state index is 12.8. The van der Waals surface area contributed by atoms with E-state index in [4.69, 9.17) is 9.47 Å². The minimum absolute atomic E-state index is 0.0342. The summed E-state index contributed by atoms with van der Waals surface area (Å²) >= 11 is 0. The number of carbonyl (C=O) groups is 2. The van der Waals surface area contributed by atoms with Crippen molar-refractivity contribution >= 4 is 30.2 Å². The lowest BCUT2D eigenvalue weighted by atomic mass is 10.1. The minimum atomic E-state index is -0.568. The summed E-state index contributed by atoms with van der Waals surface area (Å²) in [5.41, 5.74) is 4.57. The molecule has 1 aliphatic heterocycles. The third-order valence-corrected chi connectivity index (χ3v) is 4.65. The van der Waals surface area contributed by atoms with Crippen LogP contribution in [0.25, 0.3) is 12.2 Å². The number of hydrazone groups is 1. The van der Waals surface area contributed by atoms with Gasteiger partial charge in [0.2, 0.25) is 6.79 Å². The van der Waals surface area contributed by atoms with E-state index in [1.807, 2.05) is 42.5 Å². The molecule has 0 aromatic heterocycles. The van der Waals surface area contributed by atoms with E-state index in [0.29, 0.717) is 22.6 Å². The topological polar surface area (TPSA) is 89.0 Å². The zero-order chi connectivity index (χ0) is 22.9. The summed E-state index contributed by atoms with van der Waals surface area (Å²) in [5.74, 6) is 0.218. The average molecular weight is 439 g/mol. The molecule has 0 atom stereocenters. The number of amides is 2. The number of fused-ring (bicyclic) bond motifs is 1. The Morgan fingerprint density at radius 3 is 2.36 bits per heavy atom. The van der Waals surface area contributed by atoms with E-state index in [9.17, 15) is 9.59 Å². The van der Waals surface area contributed by atoms with Gasteiger partial charge in [0.1, 0.15) is 5.70 Å². The SMILES string of the molecule is O=C(N/N=C\C=C\c1ccccc1)/C(=C\c1ccc2c(c1)OCO2)NC(=O)c1ccccc1. The van der Waals surface area contributed by atoms with Gasteiger partial charge in [-0.05, 0) is 47.5 Å². The van der Waals surface area contributed by atoms with E-state index in [1.54, 1.807) is 54.6 Å². The van der Waals surface area contributed by atoms with Crippen molar-refractivity contribution in [1.29, 1.82) is 0 Å². The second kappa shape index (κ2) is 10.6. The molecule has 0 saturated heterocycles. The van der Waals surface area contributed by atoms with E-state index >= 15 is 0 Å². The number of carbonyl (C=O) groups excluding carboxylic acids is 2. The molecule has 1 aliphatic rings. The molecule has 7 nitrogen and oxygen atoms in total. The summed E-state index contributed by atoms with van der Waals surface area (Å²) in [4.78, 5) is 25.4. The Kier molecular flexibility index (Phi) is 6.92. The molecule has 33 heavy (non-hydrogen) atoms. The van der Waals surface area contributed by atoms with Crippen LogP contribution in [0.3, 0.4) is 0 Å². The van der Waals surface area contributed by atoms with Crippen molar-refractivity contribution in [1.82, 2.24) is 10.7 Å². The Labute approximate surface area is 191 Å². The van der Waals surface area contributed by atoms with Crippen molar-refractivity contribution < 1.29 is 19.1 Å². The van der Waals surface area contributed by atoms with Crippen molar-refractivity contribution in [3.63, 3.8) is 0 Å². The second-order valence-corrected chi connectivity index (χ2v) is 6.98. The third kappa shape index (κ3) is 5.95. The van der Waals surface area contributed by atoms with Crippen LogP contribution in [-0.4, -0.2) is 24.8 Å². The van der Waals surface area contributed by atoms with Gasteiger partial charge in [0.25, 0.3) is 11.8 Å². The number of rotatable bonds is 7. The van der Waals surface area contributed by atoms with Gasteiger partial charge in [0.05, 0.1) is 0 Å². The minimum Gasteiger partial charge on any atom is -0.454 e. The summed E-state index contributed by atoms with van der Waals surface area (Å²) < 4.78 is 10.7. The largest absolute Gasteiger partial charge is 0.454 e. The molecule has 3 aromatic carbocycles. The quantitative estimate of drug-likeness (QED) is 0.331. The molecule has 4 rings (SSSR count). The third-order valence-electron chi connectivity index (χ3n) is 4.65. The first-order valence-electron chi connectivity index (χ1n) is 10.2. The van der Waals surface area contributed by atoms with Crippen LogP contribution in [-0.2, 0) is 4.79 Å². The van der Waals surface area contributed by atoms with Crippen molar-refractivity contribution in [2.75, 3.05) is 6.79 Å². The number of hydrogen-bond acceptors (Lipinski definition) is 5. The highest BCUT2D eigenvalue weighted by atomic mass is 16.7. The van der Waals surface area contributed by atoms with Gasteiger partial charge in [-0.15, -0.1) is 0 Å². The molecule has 2 amide bonds. The number of nitrogens with one attached hydrogen (secondary N) is 2. The second-order valence-electron chi connectivity index (χ2n) is 6.98. The lowest BCUT2D eigenvalue weighted by molar-refractivity contribution is -0.117. The zero-order valence-corrected chi connectivity index (χ0v) is 17.6. The standard InChI is InChI=1S/C26H21N3O4/c30-25(21-11-5-2-6-12-21)28-22(16-20-13-14-23-24(17-20)33-18-32-23)26(31)29-27-15-7-10-19-8-3-1-4-9-19/h1-17H,18H2,(H,28,30)(H,29,31)/b10-7+,22-16+,27-15-. The molecule has 2 N–H and O–H groups in total. The van der Waals surface area contributed by atoms with E-state index in [0.717, 1.165) is 5.56 Å². The number of ether oxygens (including phenoxy) is 2. The molecule has 0 saturated carbocycles. The van der Waals surface area contributed by atoms with Crippen LogP contribution in [0.5, 0.6) is 11.5 Å². The van der Waals surface area contributed by atoms with Crippen LogP contribution in [0.2, 0.25) is 0 Å². The zero-order valence-electron chi connectivity index (χ0n) is 17.6. The van der Waals surface area contributed by atoms with E-state index in [1.165, 1.54) is 6.21 Å². The molecule has 3 aromatic rings. The Bertz CT molecular complexity index is 1220. The summed E-state index contributed by atoms with van der Waals surface area (Å²) in [6, 6.07) is 23.6. The monoisotopic (exact) mass is 439 g/mol. The highest BCUT2D eigenvalue weighted by molar-refractivity contribution is 6.05. The number of nitrogens with zero attached hydrogens (tertiary/aromatic N) is 1. The van der Waals surface area contributed by atoms with Crippen LogP contribution >= 0.6 is 0 Å². The first-order chi connectivity index (χ1) is 16.2. The van der Waals surface area contributed by atoms with Gasteiger partial charge in [-0.25, -0.2) is 5.43 Å². The number of hydrogen-bond donors (Lipinski definition) is 2. The van der Waals surface area contributed by atoms with Gasteiger partial charge >= 0.3 is 0 Å². The van der Waals surface area contributed by atoms with Crippen molar-refractivity contribution in [2.24, 2.45) is 5.10 Å². The van der Waals surface area contributed by atoms with Crippen molar-refractivity contribution in [3.05, 3.63) is 107 Å². The molecule has 164 valence electrons. The van der Waals surface area contributed by atoms with E-state index in [2.05, 4.69) is 15.8 Å². The van der Waals surface area contributed by atoms with Gasteiger partial charge < -0.3 is 14.8 Å². The fourth-order valence-corrected chi connectivity index (χ4v) is 3.03. The molecule has 0 fully saturated rings. The molecule has 7 heteroatoms. The molecule has 0 unspecified atom stereocenters. The Hall–Kier alpha value is -4.65. The molecule has 1 heterocycles. The van der Waals surface area contributed by atoms with E-state index < -0.39 is 11.8 Å². The molecule has 0 bridgehead atoms. The molecular formula is C26H21N3O4. The van der Waals surface area contributed by atoms with Crippen LogP contribution in [0, 0.1) is 0 Å². The smallest absolute Gasteiger partial charge is 0.287 e. The summed E-state index contributed by atoms with van der Waals surface area (Å²) in [6.07, 6.45) is 6.57. The Morgan fingerprint density at radius 2 is 1.58 bits per heavy atom. The average Bonchev–Trinajstić information content (AvgIpc) is 3.32. The normalized spacial score (nSPS) is 12.8. The van der Waals surface area contributed by atoms with Gasteiger partial charge in [0, 0.05) is 11.8 Å². The number of benzene rings is 3. The molecule has 0 spiro atoms. The first kappa shape index (κ1) is 21.6. The van der Waals surface area contributed by atoms with Crippen molar-refractivity contribution in [2.45, 2.75) is 0 Å². The van der Waals surface area contributed by atoms with Crippen molar-refractivity contribution in [3.8, 4) is 11.5 Å². The highest BCUT2D eigenvalue weighted by Gasteiger charge is 2.16. The van der Waals surface area contributed by atoms with Gasteiger partial charge in [-0.3, -0.25) is 9.59 Å². The van der Waals surface area contributed by atoms with Crippen LogP contribution in [0.1, 0.15) is 21.5 Å². The van der Waals surface area contributed by atoms with Gasteiger partial charge in [0.15, 0.2) is 11.5 Å². The summed E-state index contributed by atoms with van der Waals surface area (Å²) in [6.45, 7) is 0.145. The molecule has 0 radical (unpaired) electrons. The fourth-order valence-electron chi connectivity index (χ4n) is 3.03.